The van der Waals surface area contributed by atoms with E-state index in [9.17, 15) is 9.18 Å². The molecular formula is C13H15Cl2FN2O. The molecule has 1 heterocycles. The van der Waals surface area contributed by atoms with Crippen LogP contribution in [-0.2, 0) is 0 Å². The number of halogens is 3. The van der Waals surface area contributed by atoms with Crippen LogP contribution in [-0.4, -0.2) is 36.0 Å². The van der Waals surface area contributed by atoms with Crippen molar-refractivity contribution < 1.29 is 9.18 Å². The number of rotatable bonds is 1. The average molecular weight is 305 g/mol. The van der Waals surface area contributed by atoms with Crippen molar-refractivity contribution in [3.8, 4) is 0 Å². The Morgan fingerprint density at radius 1 is 1.42 bits per heavy atom. The van der Waals surface area contributed by atoms with Crippen LogP contribution < -0.4 is 5.32 Å². The molecule has 0 aromatic heterocycles. The molecule has 19 heavy (non-hydrogen) atoms. The van der Waals surface area contributed by atoms with E-state index in [-0.39, 0.29) is 28.9 Å². The first-order valence-corrected chi connectivity index (χ1v) is 6.48. The summed E-state index contributed by atoms with van der Waals surface area (Å²) >= 11 is 5.63. The lowest BCUT2D eigenvalue weighted by Crippen LogP contribution is -2.55. The molecule has 2 fully saturated rings. The fourth-order valence-electron chi connectivity index (χ4n) is 2.54. The molecule has 0 atom stereocenters. The predicted molar refractivity (Wildman–Crippen MR) is 74.5 cm³/mol. The molecule has 6 heteroatoms. The van der Waals surface area contributed by atoms with E-state index in [0.29, 0.717) is 12.1 Å². The zero-order chi connectivity index (χ0) is 12.8. The normalized spacial score (nSPS) is 20.0. The topological polar surface area (TPSA) is 32.3 Å². The van der Waals surface area contributed by atoms with E-state index >= 15 is 0 Å². The SMILES string of the molecule is Cl.O=C(c1ccc(Cl)c(F)c1)N1CCNCC12CC2. The molecule has 3 nitrogen and oxygen atoms in total. The van der Waals surface area contributed by atoms with Gasteiger partial charge in [0, 0.05) is 25.2 Å². The van der Waals surface area contributed by atoms with Gasteiger partial charge in [-0.05, 0) is 31.0 Å². The maximum Gasteiger partial charge on any atom is 0.254 e. The fourth-order valence-corrected chi connectivity index (χ4v) is 2.66. The quantitative estimate of drug-likeness (QED) is 0.864. The Balaban J connectivity index is 0.00000133. The minimum atomic E-state index is -0.539. The summed E-state index contributed by atoms with van der Waals surface area (Å²) in [5, 5.41) is 3.35. The van der Waals surface area contributed by atoms with Gasteiger partial charge in [0.1, 0.15) is 5.82 Å². The van der Waals surface area contributed by atoms with E-state index < -0.39 is 5.82 Å². The number of hydrogen-bond donors (Lipinski definition) is 1. The first-order chi connectivity index (χ1) is 8.62. The van der Waals surface area contributed by atoms with Gasteiger partial charge in [-0.15, -0.1) is 12.4 Å². The van der Waals surface area contributed by atoms with Crippen LogP contribution in [0.25, 0.3) is 0 Å². The minimum absolute atomic E-state index is 0. The van der Waals surface area contributed by atoms with Crippen LogP contribution in [0.3, 0.4) is 0 Å². The molecule has 1 aliphatic carbocycles. The van der Waals surface area contributed by atoms with Crippen molar-refractivity contribution in [3.63, 3.8) is 0 Å². The van der Waals surface area contributed by atoms with Crippen molar-refractivity contribution in [1.29, 1.82) is 0 Å². The van der Waals surface area contributed by atoms with Gasteiger partial charge in [0.15, 0.2) is 0 Å². The highest BCUT2D eigenvalue weighted by molar-refractivity contribution is 6.30. The number of carbonyl (C=O) groups is 1. The average Bonchev–Trinajstić information content (AvgIpc) is 3.13. The van der Waals surface area contributed by atoms with Gasteiger partial charge in [-0.1, -0.05) is 11.6 Å². The molecule has 0 bridgehead atoms. The standard InChI is InChI=1S/C13H14ClFN2O.ClH/c14-10-2-1-9(7-11(10)15)12(18)17-6-5-16-8-13(17)3-4-13;/h1-2,7,16H,3-6,8H2;1H. The van der Waals surface area contributed by atoms with E-state index in [0.717, 1.165) is 25.9 Å². The lowest BCUT2D eigenvalue weighted by atomic mass is 10.1. The van der Waals surface area contributed by atoms with Gasteiger partial charge < -0.3 is 10.2 Å². The summed E-state index contributed by atoms with van der Waals surface area (Å²) in [6, 6.07) is 4.25. The van der Waals surface area contributed by atoms with Crippen LogP contribution in [0.1, 0.15) is 23.2 Å². The lowest BCUT2D eigenvalue weighted by molar-refractivity contribution is 0.0600. The molecule has 1 aromatic rings. The van der Waals surface area contributed by atoms with E-state index in [4.69, 9.17) is 11.6 Å². The third kappa shape index (κ3) is 2.57. The van der Waals surface area contributed by atoms with Gasteiger partial charge in [-0.2, -0.15) is 0 Å². The summed E-state index contributed by atoms with van der Waals surface area (Å²) in [6.45, 7) is 2.32. The molecule has 1 saturated carbocycles. The highest BCUT2D eigenvalue weighted by atomic mass is 35.5. The third-order valence-electron chi connectivity index (χ3n) is 3.78. The number of hydrogen-bond acceptors (Lipinski definition) is 2. The molecule has 1 saturated heterocycles. The second kappa shape index (κ2) is 5.27. The number of nitrogens with one attached hydrogen (secondary N) is 1. The van der Waals surface area contributed by atoms with Crippen LogP contribution in [0.15, 0.2) is 18.2 Å². The van der Waals surface area contributed by atoms with E-state index in [1.165, 1.54) is 12.1 Å². The van der Waals surface area contributed by atoms with Crippen LogP contribution in [0.4, 0.5) is 4.39 Å². The molecular weight excluding hydrogens is 290 g/mol. The molecule has 1 N–H and O–H groups in total. The summed E-state index contributed by atoms with van der Waals surface area (Å²) in [6.07, 6.45) is 2.06. The number of carbonyl (C=O) groups excluding carboxylic acids is 1. The highest BCUT2D eigenvalue weighted by Crippen LogP contribution is 2.43. The second-order valence-corrected chi connectivity index (χ2v) is 5.39. The molecule has 1 aliphatic heterocycles. The lowest BCUT2D eigenvalue weighted by Gasteiger charge is -2.36. The smallest absolute Gasteiger partial charge is 0.254 e. The van der Waals surface area contributed by atoms with E-state index in [2.05, 4.69) is 5.32 Å². The summed E-state index contributed by atoms with van der Waals surface area (Å²) in [5.41, 5.74) is 0.357. The van der Waals surface area contributed by atoms with E-state index in [1.54, 1.807) is 6.07 Å². The zero-order valence-electron chi connectivity index (χ0n) is 10.3. The van der Waals surface area contributed by atoms with Gasteiger partial charge in [0.2, 0.25) is 0 Å². The highest BCUT2D eigenvalue weighted by Gasteiger charge is 2.51. The molecule has 1 amide bonds. The van der Waals surface area contributed by atoms with Crippen molar-refractivity contribution in [2.24, 2.45) is 0 Å². The van der Waals surface area contributed by atoms with Crippen LogP contribution in [0.5, 0.6) is 0 Å². The zero-order valence-corrected chi connectivity index (χ0v) is 11.9. The van der Waals surface area contributed by atoms with Gasteiger partial charge >= 0.3 is 0 Å². The largest absolute Gasteiger partial charge is 0.330 e. The summed E-state index contributed by atoms with van der Waals surface area (Å²) in [4.78, 5) is 14.3. The van der Waals surface area contributed by atoms with Crippen molar-refractivity contribution in [2.75, 3.05) is 19.6 Å². The molecule has 0 unspecified atom stereocenters. The fraction of sp³-hybridized carbons (Fsp3) is 0.462. The van der Waals surface area contributed by atoms with Crippen molar-refractivity contribution >= 4 is 29.9 Å². The predicted octanol–water partition coefficient (Wildman–Crippen LogP) is 2.48. The van der Waals surface area contributed by atoms with Gasteiger partial charge in [0.25, 0.3) is 5.91 Å². The second-order valence-electron chi connectivity index (χ2n) is 4.99. The molecule has 104 valence electrons. The van der Waals surface area contributed by atoms with Crippen molar-refractivity contribution in [3.05, 3.63) is 34.6 Å². The molecule has 2 aliphatic rings. The minimum Gasteiger partial charge on any atom is -0.330 e. The van der Waals surface area contributed by atoms with Crippen LogP contribution >= 0.6 is 24.0 Å². The number of amides is 1. The Morgan fingerprint density at radius 3 is 2.79 bits per heavy atom. The first-order valence-electron chi connectivity index (χ1n) is 6.10. The Bertz CT molecular complexity index is 505. The Hall–Kier alpha value is -0.840. The monoisotopic (exact) mass is 304 g/mol. The number of nitrogens with zero attached hydrogens (tertiary/aromatic N) is 1. The van der Waals surface area contributed by atoms with Crippen LogP contribution in [0, 0.1) is 5.82 Å². The Labute approximate surface area is 122 Å². The molecule has 1 spiro atoms. The Morgan fingerprint density at radius 2 is 2.16 bits per heavy atom. The maximum atomic E-state index is 13.4. The summed E-state index contributed by atoms with van der Waals surface area (Å²) in [7, 11) is 0. The van der Waals surface area contributed by atoms with Crippen molar-refractivity contribution in [2.45, 2.75) is 18.4 Å². The molecule has 1 aromatic carbocycles. The van der Waals surface area contributed by atoms with Gasteiger partial charge in [-0.3, -0.25) is 4.79 Å². The van der Waals surface area contributed by atoms with E-state index in [1.807, 2.05) is 4.90 Å². The van der Waals surface area contributed by atoms with Gasteiger partial charge in [-0.25, -0.2) is 4.39 Å². The number of piperazine rings is 1. The molecule has 0 radical (unpaired) electrons. The summed E-state index contributed by atoms with van der Waals surface area (Å²) < 4.78 is 13.4. The molecule has 3 rings (SSSR count). The Kier molecular flexibility index (Phi) is 4.04. The third-order valence-corrected chi connectivity index (χ3v) is 4.08. The van der Waals surface area contributed by atoms with Gasteiger partial charge in [0.05, 0.1) is 10.6 Å². The van der Waals surface area contributed by atoms with Crippen molar-refractivity contribution in [1.82, 2.24) is 10.2 Å². The maximum absolute atomic E-state index is 13.4. The first kappa shape index (κ1) is 14.6. The number of benzene rings is 1. The van der Waals surface area contributed by atoms with Crippen LogP contribution in [0.2, 0.25) is 5.02 Å². The summed E-state index contributed by atoms with van der Waals surface area (Å²) in [5.74, 6) is -0.632.